The number of benzene rings is 1. The first kappa shape index (κ1) is 11.7. The molecule has 2 rings (SSSR count). The number of nitrogens with zero attached hydrogens (tertiary/aromatic N) is 2. The third-order valence-corrected chi connectivity index (χ3v) is 2.28. The van der Waals surface area contributed by atoms with Crippen molar-refractivity contribution in [2.24, 2.45) is 5.73 Å². The minimum atomic E-state index is -2.41. The van der Waals surface area contributed by atoms with Crippen LogP contribution in [0.25, 0.3) is 11.4 Å². The lowest BCUT2D eigenvalue weighted by atomic mass is 10.0. The molecule has 0 aliphatic carbocycles. The van der Waals surface area contributed by atoms with Gasteiger partial charge in [0.15, 0.2) is 0 Å². The van der Waals surface area contributed by atoms with Crippen LogP contribution in [0.5, 0.6) is 0 Å². The van der Waals surface area contributed by atoms with E-state index < -0.39 is 6.43 Å². The summed E-state index contributed by atoms with van der Waals surface area (Å²) in [5.74, 6) is 0.577. The fourth-order valence-corrected chi connectivity index (χ4v) is 1.53. The van der Waals surface area contributed by atoms with Crippen molar-refractivity contribution >= 4 is 0 Å². The SMILES string of the molecule is NCc1nc(-c2ccccc2CC(F)F)no1. The standard InChI is InChI=1S/C11H11F2N3O/c12-9(13)5-7-3-1-2-4-8(7)11-15-10(6-14)17-16-11/h1-4,9H,5-6,14H2. The molecule has 0 amide bonds. The predicted molar refractivity (Wildman–Crippen MR) is 57.3 cm³/mol. The van der Waals surface area contributed by atoms with Gasteiger partial charge in [0.2, 0.25) is 18.1 Å². The van der Waals surface area contributed by atoms with Crippen LogP contribution in [0.3, 0.4) is 0 Å². The summed E-state index contributed by atoms with van der Waals surface area (Å²) in [5.41, 5.74) is 6.39. The Kier molecular flexibility index (Phi) is 3.43. The molecule has 90 valence electrons. The van der Waals surface area contributed by atoms with Crippen LogP contribution in [0.15, 0.2) is 28.8 Å². The molecule has 1 heterocycles. The van der Waals surface area contributed by atoms with Crippen molar-refractivity contribution in [3.8, 4) is 11.4 Å². The van der Waals surface area contributed by atoms with Crippen molar-refractivity contribution in [3.63, 3.8) is 0 Å². The second-order valence-corrected chi connectivity index (χ2v) is 3.47. The van der Waals surface area contributed by atoms with Gasteiger partial charge >= 0.3 is 0 Å². The maximum Gasteiger partial charge on any atom is 0.242 e. The predicted octanol–water partition coefficient (Wildman–Crippen LogP) is 2.00. The summed E-state index contributed by atoms with van der Waals surface area (Å²) in [7, 11) is 0. The Balaban J connectivity index is 2.36. The van der Waals surface area contributed by atoms with Crippen molar-refractivity contribution in [3.05, 3.63) is 35.7 Å². The van der Waals surface area contributed by atoms with Gasteiger partial charge in [-0.1, -0.05) is 29.4 Å². The van der Waals surface area contributed by atoms with E-state index in [1.54, 1.807) is 24.3 Å². The van der Waals surface area contributed by atoms with Gasteiger partial charge in [-0.2, -0.15) is 4.98 Å². The van der Waals surface area contributed by atoms with E-state index in [1.165, 1.54) is 0 Å². The zero-order chi connectivity index (χ0) is 12.3. The van der Waals surface area contributed by atoms with Crippen molar-refractivity contribution in [1.82, 2.24) is 10.1 Å². The molecule has 0 fully saturated rings. The smallest absolute Gasteiger partial charge is 0.242 e. The maximum absolute atomic E-state index is 12.4. The van der Waals surface area contributed by atoms with Gasteiger partial charge in [0.05, 0.1) is 6.54 Å². The number of halogens is 2. The molecule has 17 heavy (non-hydrogen) atoms. The first-order valence-electron chi connectivity index (χ1n) is 5.09. The van der Waals surface area contributed by atoms with Gasteiger partial charge in [-0.25, -0.2) is 8.78 Å². The number of alkyl halides is 2. The van der Waals surface area contributed by atoms with Crippen molar-refractivity contribution in [2.45, 2.75) is 19.4 Å². The first-order valence-corrected chi connectivity index (χ1v) is 5.09. The van der Waals surface area contributed by atoms with Crippen LogP contribution < -0.4 is 5.73 Å². The van der Waals surface area contributed by atoms with E-state index in [1.807, 2.05) is 0 Å². The van der Waals surface area contributed by atoms with Crippen molar-refractivity contribution in [1.29, 1.82) is 0 Å². The van der Waals surface area contributed by atoms with Gasteiger partial charge in [-0.3, -0.25) is 0 Å². The van der Waals surface area contributed by atoms with E-state index >= 15 is 0 Å². The molecule has 0 aliphatic rings. The molecule has 0 atom stereocenters. The molecule has 0 bridgehead atoms. The van der Waals surface area contributed by atoms with Gasteiger partial charge in [0, 0.05) is 12.0 Å². The van der Waals surface area contributed by atoms with Crippen LogP contribution in [0, 0.1) is 0 Å². The van der Waals surface area contributed by atoms with E-state index in [9.17, 15) is 8.78 Å². The van der Waals surface area contributed by atoms with Gasteiger partial charge in [0.1, 0.15) is 0 Å². The molecule has 0 saturated heterocycles. The molecule has 0 aliphatic heterocycles. The summed E-state index contributed by atoms with van der Waals surface area (Å²) >= 11 is 0. The van der Waals surface area contributed by atoms with Crippen LogP contribution in [-0.2, 0) is 13.0 Å². The summed E-state index contributed by atoms with van der Waals surface area (Å²) in [6.45, 7) is 0.129. The molecule has 2 N–H and O–H groups in total. The number of hydrogen-bond donors (Lipinski definition) is 1. The molecule has 1 aromatic heterocycles. The second kappa shape index (κ2) is 5.01. The number of hydrogen-bond acceptors (Lipinski definition) is 4. The van der Waals surface area contributed by atoms with Crippen molar-refractivity contribution in [2.75, 3.05) is 0 Å². The van der Waals surface area contributed by atoms with Gasteiger partial charge in [0.25, 0.3) is 0 Å². The Bertz CT molecular complexity index is 499. The van der Waals surface area contributed by atoms with Crippen LogP contribution >= 0.6 is 0 Å². The van der Waals surface area contributed by atoms with E-state index in [-0.39, 0.29) is 18.9 Å². The summed E-state index contributed by atoms with van der Waals surface area (Å²) in [6, 6.07) is 6.75. The average molecular weight is 239 g/mol. The Labute approximate surface area is 96.4 Å². The Hall–Kier alpha value is -1.82. The monoisotopic (exact) mass is 239 g/mol. The molecule has 0 radical (unpaired) electrons. The Morgan fingerprint density at radius 3 is 2.71 bits per heavy atom. The van der Waals surface area contributed by atoms with Crippen molar-refractivity contribution < 1.29 is 13.3 Å². The van der Waals surface area contributed by atoms with Crippen LogP contribution in [-0.4, -0.2) is 16.6 Å². The average Bonchev–Trinajstić information content (AvgIpc) is 2.77. The van der Waals surface area contributed by atoms with E-state index in [4.69, 9.17) is 10.3 Å². The lowest BCUT2D eigenvalue weighted by molar-refractivity contribution is 0.149. The summed E-state index contributed by atoms with van der Waals surface area (Å²) < 4.78 is 29.7. The third-order valence-electron chi connectivity index (χ3n) is 2.28. The summed E-state index contributed by atoms with van der Waals surface area (Å²) in [6.07, 6.45) is -2.74. The number of aromatic nitrogens is 2. The number of rotatable bonds is 4. The summed E-state index contributed by atoms with van der Waals surface area (Å²) in [5, 5.41) is 3.71. The third kappa shape index (κ3) is 2.65. The lowest BCUT2D eigenvalue weighted by Crippen LogP contribution is -2.00. The van der Waals surface area contributed by atoms with Crippen LogP contribution in [0.2, 0.25) is 0 Å². The van der Waals surface area contributed by atoms with E-state index in [0.29, 0.717) is 17.0 Å². The largest absolute Gasteiger partial charge is 0.338 e. The highest BCUT2D eigenvalue weighted by atomic mass is 19.3. The highest BCUT2D eigenvalue weighted by Crippen LogP contribution is 2.22. The van der Waals surface area contributed by atoms with Gasteiger partial charge in [-0.15, -0.1) is 0 Å². The quantitative estimate of drug-likeness (QED) is 0.886. The minimum absolute atomic E-state index is 0.129. The molecule has 6 heteroatoms. The summed E-state index contributed by atoms with van der Waals surface area (Å²) in [4.78, 5) is 4.02. The Morgan fingerprint density at radius 1 is 1.29 bits per heavy atom. The second-order valence-electron chi connectivity index (χ2n) is 3.47. The molecule has 0 unspecified atom stereocenters. The van der Waals surface area contributed by atoms with E-state index in [2.05, 4.69) is 10.1 Å². The molecule has 4 nitrogen and oxygen atoms in total. The Morgan fingerprint density at radius 2 is 2.06 bits per heavy atom. The fourth-order valence-electron chi connectivity index (χ4n) is 1.53. The fraction of sp³-hybridized carbons (Fsp3) is 0.273. The molecule has 0 saturated carbocycles. The zero-order valence-corrected chi connectivity index (χ0v) is 8.94. The number of nitrogens with two attached hydrogens (primary N) is 1. The molecular weight excluding hydrogens is 228 g/mol. The van der Waals surface area contributed by atoms with Crippen LogP contribution in [0.4, 0.5) is 8.78 Å². The lowest BCUT2D eigenvalue weighted by Gasteiger charge is -2.04. The first-order chi connectivity index (χ1) is 8.20. The van der Waals surface area contributed by atoms with Gasteiger partial charge in [-0.05, 0) is 5.56 Å². The topological polar surface area (TPSA) is 64.9 Å². The molecule has 2 aromatic rings. The molecule has 1 aromatic carbocycles. The van der Waals surface area contributed by atoms with Crippen LogP contribution in [0.1, 0.15) is 11.5 Å². The maximum atomic E-state index is 12.4. The normalized spacial score (nSPS) is 11.1. The van der Waals surface area contributed by atoms with Gasteiger partial charge < -0.3 is 10.3 Å². The molecular formula is C11H11F2N3O. The highest BCUT2D eigenvalue weighted by molar-refractivity contribution is 5.59. The highest BCUT2D eigenvalue weighted by Gasteiger charge is 2.14. The van der Waals surface area contributed by atoms with E-state index in [0.717, 1.165) is 0 Å². The zero-order valence-electron chi connectivity index (χ0n) is 8.94. The minimum Gasteiger partial charge on any atom is -0.338 e. The molecule has 0 spiro atoms.